The molecule has 1 aliphatic heterocycles. The van der Waals surface area contributed by atoms with E-state index in [9.17, 15) is 9.59 Å². The Kier molecular flexibility index (Phi) is 10.6. The van der Waals surface area contributed by atoms with Gasteiger partial charge in [0.05, 0.1) is 11.6 Å². The number of carbonyl (C=O) groups excluding carboxylic acids is 2. The molecule has 7 nitrogen and oxygen atoms in total. The molecule has 1 aromatic carbocycles. The maximum absolute atomic E-state index is 12.2. The van der Waals surface area contributed by atoms with E-state index in [0.29, 0.717) is 31.0 Å². The monoisotopic (exact) mass is 440 g/mol. The number of benzene rings is 1. The highest BCUT2D eigenvalue weighted by Gasteiger charge is 2.26. The summed E-state index contributed by atoms with van der Waals surface area (Å²) >= 11 is 0. The number of halogens is 2. The lowest BCUT2D eigenvalue weighted by Crippen LogP contribution is -2.46. The van der Waals surface area contributed by atoms with E-state index in [4.69, 9.17) is 10.5 Å². The second kappa shape index (κ2) is 12.4. The van der Waals surface area contributed by atoms with E-state index in [-0.39, 0.29) is 42.5 Å². The normalized spacial score (nSPS) is 14.7. The lowest BCUT2D eigenvalue weighted by atomic mass is 9.92. The number of anilines is 1. The van der Waals surface area contributed by atoms with Gasteiger partial charge in [-0.3, -0.25) is 14.6 Å². The Bertz CT molecular complexity index is 769. The maximum atomic E-state index is 12.2. The molecule has 9 heteroatoms. The summed E-state index contributed by atoms with van der Waals surface area (Å²) in [6.07, 6.45) is 4.77. The lowest BCUT2D eigenvalue weighted by Gasteiger charge is -2.26. The number of pyridine rings is 1. The van der Waals surface area contributed by atoms with Crippen molar-refractivity contribution in [3.05, 3.63) is 59.9 Å². The summed E-state index contributed by atoms with van der Waals surface area (Å²) < 4.78 is 5.31. The zero-order valence-corrected chi connectivity index (χ0v) is 17.5. The van der Waals surface area contributed by atoms with Gasteiger partial charge in [0, 0.05) is 37.8 Å². The summed E-state index contributed by atoms with van der Waals surface area (Å²) in [4.78, 5) is 28.3. The average Bonchev–Trinajstić information content (AvgIpc) is 2.73. The van der Waals surface area contributed by atoms with Crippen LogP contribution in [0.25, 0.3) is 0 Å². The van der Waals surface area contributed by atoms with Gasteiger partial charge in [0.2, 0.25) is 5.91 Å². The van der Waals surface area contributed by atoms with Crippen LogP contribution in [0.3, 0.4) is 0 Å². The van der Waals surface area contributed by atoms with Crippen molar-refractivity contribution >= 4 is 42.3 Å². The molecule has 0 aliphatic carbocycles. The summed E-state index contributed by atoms with van der Waals surface area (Å²) in [5.41, 5.74) is 8.18. The van der Waals surface area contributed by atoms with Crippen LogP contribution in [0.15, 0.2) is 48.8 Å². The second-order valence-corrected chi connectivity index (χ2v) is 6.59. The van der Waals surface area contributed by atoms with Crippen LogP contribution in [0.2, 0.25) is 0 Å². The maximum Gasteiger partial charge on any atom is 0.257 e. The summed E-state index contributed by atoms with van der Waals surface area (Å²) in [7, 11) is 0. The summed E-state index contributed by atoms with van der Waals surface area (Å²) in [6, 6.07) is 10.2. The predicted octanol–water partition coefficient (Wildman–Crippen LogP) is 2.55. The van der Waals surface area contributed by atoms with Gasteiger partial charge in [0.1, 0.15) is 0 Å². The molecule has 29 heavy (non-hydrogen) atoms. The first-order valence-corrected chi connectivity index (χ1v) is 9.05. The lowest BCUT2D eigenvalue weighted by molar-refractivity contribution is -0.124. The minimum atomic E-state index is -0.507. The van der Waals surface area contributed by atoms with E-state index < -0.39 is 6.04 Å². The van der Waals surface area contributed by atoms with E-state index in [1.165, 1.54) is 6.20 Å². The molecule has 1 atom stereocenters. The number of nitrogens with two attached hydrogens (primary N) is 1. The van der Waals surface area contributed by atoms with Gasteiger partial charge >= 0.3 is 0 Å². The molecule has 1 aromatic heterocycles. The van der Waals surface area contributed by atoms with Crippen LogP contribution >= 0.6 is 24.8 Å². The Labute approximate surface area is 182 Å². The van der Waals surface area contributed by atoms with Crippen LogP contribution in [0, 0.1) is 5.92 Å². The average molecular weight is 441 g/mol. The van der Waals surface area contributed by atoms with Crippen molar-refractivity contribution in [1.82, 2.24) is 10.3 Å². The van der Waals surface area contributed by atoms with Gasteiger partial charge in [-0.05, 0) is 48.6 Å². The Morgan fingerprint density at radius 3 is 2.45 bits per heavy atom. The topological polar surface area (TPSA) is 106 Å². The molecule has 4 N–H and O–H groups in total. The summed E-state index contributed by atoms with van der Waals surface area (Å²) in [6.45, 7) is 1.72. The van der Waals surface area contributed by atoms with Crippen LogP contribution < -0.4 is 16.4 Å². The van der Waals surface area contributed by atoms with Gasteiger partial charge < -0.3 is 21.1 Å². The molecular formula is C20H26Cl2N4O3. The number of nitrogens with one attached hydrogen (secondary N) is 2. The first-order chi connectivity index (χ1) is 13.1. The van der Waals surface area contributed by atoms with E-state index in [1.807, 2.05) is 12.1 Å². The summed E-state index contributed by atoms with van der Waals surface area (Å²) in [5, 5.41) is 5.70. The molecule has 2 heterocycles. The van der Waals surface area contributed by atoms with Gasteiger partial charge in [0.15, 0.2) is 0 Å². The number of ether oxygens (including phenoxy) is 1. The van der Waals surface area contributed by atoms with Gasteiger partial charge in [0.25, 0.3) is 5.91 Å². The van der Waals surface area contributed by atoms with Crippen LogP contribution in [0.5, 0.6) is 0 Å². The van der Waals surface area contributed by atoms with Crippen molar-refractivity contribution in [3.8, 4) is 0 Å². The number of rotatable bonds is 6. The smallest absolute Gasteiger partial charge is 0.257 e. The first-order valence-electron chi connectivity index (χ1n) is 9.05. The van der Waals surface area contributed by atoms with E-state index in [0.717, 1.165) is 18.4 Å². The SMILES string of the molecule is Cl.Cl.NC(C(=O)NCc1ccc(NC(=O)c2cccnc2)cc1)C1CCOCC1. The summed E-state index contributed by atoms with van der Waals surface area (Å²) in [5.74, 6) is -0.189. The number of aromatic nitrogens is 1. The van der Waals surface area contributed by atoms with Crippen molar-refractivity contribution in [3.63, 3.8) is 0 Å². The van der Waals surface area contributed by atoms with E-state index in [2.05, 4.69) is 15.6 Å². The predicted molar refractivity (Wildman–Crippen MR) is 116 cm³/mol. The molecule has 1 saturated heterocycles. The minimum Gasteiger partial charge on any atom is -0.381 e. The van der Waals surface area contributed by atoms with E-state index >= 15 is 0 Å². The fraction of sp³-hybridized carbons (Fsp3) is 0.350. The highest BCUT2D eigenvalue weighted by atomic mass is 35.5. The molecule has 3 rings (SSSR count). The van der Waals surface area contributed by atoms with E-state index in [1.54, 1.807) is 30.5 Å². The molecule has 1 aliphatic rings. The number of hydrogen-bond acceptors (Lipinski definition) is 5. The number of amides is 2. The zero-order chi connectivity index (χ0) is 19.1. The quantitative estimate of drug-likeness (QED) is 0.639. The molecule has 158 valence electrons. The number of carbonyl (C=O) groups is 2. The Morgan fingerprint density at radius 2 is 1.83 bits per heavy atom. The molecular weight excluding hydrogens is 415 g/mol. The Balaban J connectivity index is 0.00000210. The molecule has 1 fully saturated rings. The molecule has 2 aromatic rings. The fourth-order valence-electron chi connectivity index (χ4n) is 3.00. The molecule has 0 bridgehead atoms. The van der Waals surface area contributed by atoms with Crippen LogP contribution in [-0.4, -0.2) is 36.1 Å². The van der Waals surface area contributed by atoms with Crippen molar-refractivity contribution in [2.75, 3.05) is 18.5 Å². The Morgan fingerprint density at radius 1 is 1.14 bits per heavy atom. The second-order valence-electron chi connectivity index (χ2n) is 6.59. The third-order valence-corrected chi connectivity index (χ3v) is 4.68. The van der Waals surface area contributed by atoms with Gasteiger partial charge in [-0.2, -0.15) is 0 Å². The van der Waals surface area contributed by atoms with Gasteiger partial charge in [-0.15, -0.1) is 24.8 Å². The van der Waals surface area contributed by atoms with Crippen molar-refractivity contribution in [1.29, 1.82) is 0 Å². The molecule has 0 spiro atoms. The third kappa shape index (κ3) is 7.29. The molecule has 0 radical (unpaired) electrons. The van der Waals surface area contributed by atoms with Crippen LogP contribution in [-0.2, 0) is 16.1 Å². The largest absolute Gasteiger partial charge is 0.381 e. The highest BCUT2D eigenvalue weighted by molar-refractivity contribution is 6.04. The van der Waals surface area contributed by atoms with Gasteiger partial charge in [-0.25, -0.2) is 0 Å². The highest BCUT2D eigenvalue weighted by Crippen LogP contribution is 2.18. The fourth-order valence-corrected chi connectivity index (χ4v) is 3.00. The van der Waals surface area contributed by atoms with Crippen LogP contribution in [0.1, 0.15) is 28.8 Å². The molecule has 1 unspecified atom stereocenters. The molecule has 0 saturated carbocycles. The van der Waals surface area contributed by atoms with Crippen LogP contribution in [0.4, 0.5) is 5.69 Å². The first kappa shape index (κ1) is 24.8. The molecule has 2 amide bonds. The Hall–Kier alpha value is -2.19. The number of hydrogen-bond donors (Lipinski definition) is 3. The van der Waals surface area contributed by atoms with Gasteiger partial charge in [-0.1, -0.05) is 12.1 Å². The standard InChI is InChI=1S/C20H24N4O3.2ClH/c21-18(15-7-10-27-11-8-15)20(26)23-12-14-3-5-17(6-4-14)24-19(25)16-2-1-9-22-13-16;;/h1-6,9,13,15,18H,7-8,10-12,21H2,(H,23,26)(H,24,25);2*1H. The number of nitrogens with zero attached hydrogens (tertiary/aromatic N) is 1. The van der Waals surface area contributed by atoms with Crippen molar-refractivity contribution < 1.29 is 14.3 Å². The third-order valence-electron chi connectivity index (χ3n) is 4.68. The van der Waals surface area contributed by atoms with Crippen molar-refractivity contribution in [2.24, 2.45) is 11.7 Å². The zero-order valence-electron chi connectivity index (χ0n) is 15.9. The van der Waals surface area contributed by atoms with Crippen molar-refractivity contribution in [2.45, 2.75) is 25.4 Å². The minimum absolute atomic E-state index is 0.